The number of carbonyl (C=O) groups is 1. The molecule has 1 N–H and O–H groups in total. The Morgan fingerprint density at radius 2 is 1.71 bits per heavy atom. The van der Waals surface area contributed by atoms with Gasteiger partial charge in [-0.15, -0.1) is 0 Å². The Balaban J connectivity index is 1.46. The van der Waals surface area contributed by atoms with Crippen molar-refractivity contribution < 1.29 is 9.53 Å². The van der Waals surface area contributed by atoms with Crippen molar-refractivity contribution in [3.8, 4) is 5.75 Å². The van der Waals surface area contributed by atoms with Crippen LogP contribution in [0.2, 0.25) is 0 Å². The highest BCUT2D eigenvalue weighted by atomic mass is 16.5. The number of hydrogen-bond donors (Lipinski definition) is 1. The molecule has 0 spiro atoms. The van der Waals surface area contributed by atoms with Crippen LogP contribution in [-0.2, 0) is 0 Å². The summed E-state index contributed by atoms with van der Waals surface area (Å²) in [7, 11) is 1.64. The van der Waals surface area contributed by atoms with Crippen molar-refractivity contribution in [3.05, 3.63) is 29.8 Å². The molecule has 4 aliphatic rings. The average molecular weight is 327 g/mol. The fourth-order valence-electron chi connectivity index (χ4n) is 6.99. The lowest BCUT2D eigenvalue weighted by atomic mass is 9.40. The highest BCUT2D eigenvalue weighted by molar-refractivity contribution is 5.94. The number of benzene rings is 1. The minimum atomic E-state index is 0.0451. The zero-order valence-electron chi connectivity index (χ0n) is 15.2. The van der Waals surface area contributed by atoms with E-state index in [-0.39, 0.29) is 5.91 Å². The van der Waals surface area contributed by atoms with Gasteiger partial charge < -0.3 is 10.1 Å². The van der Waals surface area contributed by atoms with E-state index in [4.69, 9.17) is 4.74 Å². The molecule has 2 atom stereocenters. The largest absolute Gasteiger partial charge is 0.497 e. The third-order valence-corrected chi connectivity index (χ3v) is 6.72. The molecular formula is C21H29NO2. The third-order valence-electron chi connectivity index (χ3n) is 6.72. The molecule has 130 valence electrons. The van der Waals surface area contributed by atoms with Crippen molar-refractivity contribution in [1.29, 1.82) is 0 Å². The van der Waals surface area contributed by atoms with Gasteiger partial charge in [0.1, 0.15) is 5.75 Å². The fourth-order valence-corrected chi connectivity index (χ4v) is 6.99. The van der Waals surface area contributed by atoms with Gasteiger partial charge >= 0.3 is 0 Å². The standard InChI is InChI=1S/C21H29NO2/c1-19-8-15-9-20(2,11-19)13-21(10-15,12-19)14-22-18(23)16-4-6-17(24-3)7-5-16/h4-7,15H,8-14H2,1-3H3,(H,22,23). The van der Waals surface area contributed by atoms with E-state index in [9.17, 15) is 4.79 Å². The SMILES string of the molecule is COc1ccc(C(=O)NCC23CC4CC(C)(CC(C)(C4)C2)C3)cc1. The highest BCUT2D eigenvalue weighted by Crippen LogP contribution is 2.69. The van der Waals surface area contributed by atoms with Gasteiger partial charge in [-0.3, -0.25) is 4.79 Å². The third kappa shape index (κ3) is 2.72. The predicted octanol–water partition coefficient (Wildman–Crippen LogP) is 4.42. The molecule has 1 aromatic rings. The Morgan fingerprint density at radius 3 is 2.25 bits per heavy atom. The summed E-state index contributed by atoms with van der Waals surface area (Å²) in [5.41, 5.74) is 2.04. The van der Waals surface area contributed by atoms with Gasteiger partial charge in [0.15, 0.2) is 0 Å². The van der Waals surface area contributed by atoms with E-state index < -0.39 is 0 Å². The molecule has 1 aromatic carbocycles. The van der Waals surface area contributed by atoms with E-state index >= 15 is 0 Å². The first-order chi connectivity index (χ1) is 11.3. The van der Waals surface area contributed by atoms with E-state index in [2.05, 4.69) is 19.2 Å². The molecule has 4 aliphatic carbocycles. The van der Waals surface area contributed by atoms with Crippen molar-refractivity contribution in [2.45, 2.75) is 52.4 Å². The first-order valence-electron chi connectivity index (χ1n) is 9.25. The van der Waals surface area contributed by atoms with Crippen LogP contribution < -0.4 is 10.1 Å². The molecule has 0 aliphatic heterocycles. The van der Waals surface area contributed by atoms with Crippen LogP contribution in [0.25, 0.3) is 0 Å². The molecule has 0 radical (unpaired) electrons. The van der Waals surface area contributed by atoms with Crippen LogP contribution in [0.3, 0.4) is 0 Å². The molecule has 0 saturated heterocycles. The molecule has 3 nitrogen and oxygen atoms in total. The lowest BCUT2D eigenvalue weighted by molar-refractivity contribution is -0.142. The van der Waals surface area contributed by atoms with Gasteiger partial charge in [0, 0.05) is 12.1 Å². The smallest absolute Gasteiger partial charge is 0.251 e. The van der Waals surface area contributed by atoms with E-state index in [1.807, 2.05) is 24.3 Å². The van der Waals surface area contributed by atoms with Crippen LogP contribution in [0.5, 0.6) is 5.75 Å². The van der Waals surface area contributed by atoms with Crippen molar-refractivity contribution in [1.82, 2.24) is 5.32 Å². The lowest BCUT2D eigenvalue weighted by Crippen LogP contribution is -2.58. The monoisotopic (exact) mass is 327 g/mol. The number of carbonyl (C=O) groups excluding carboxylic acids is 1. The normalized spacial score (nSPS) is 39.7. The molecule has 4 bridgehead atoms. The maximum absolute atomic E-state index is 12.5. The van der Waals surface area contributed by atoms with E-state index in [0.29, 0.717) is 16.2 Å². The quantitative estimate of drug-likeness (QED) is 0.889. The van der Waals surface area contributed by atoms with E-state index in [0.717, 1.165) is 23.8 Å². The molecule has 2 unspecified atom stereocenters. The maximum Gasteiger partial charge on any atom is 0.251 e. The highest BCUT2D eigenvalue weighted by Gasteiger charge is 2.59. The van der Waals surface area contributed by atoms with E-state index in [1.54, 1.807) is 7.11 Å². The Bertz CT molecular complexity index is 632. The first kappa shape index (κ1) is 16.0. The maximum atomic E-state index is 12.5. The summed E-state index contributed by atoms with van der Waals surface area (Å²) in [5.74, 6) is 1.70. The molecule has 0 aromatic heterocycles. The number of methoxy groups -OCH3 is 1. The van der Waals surface area contributed by atoms with Gasteiger partial charge in [-0.05, 0) is 85.0 Å². The zero-order valence-corrected chi connectivity index (χ0v) is 15.2. The van der Waals surface area contributed by atoms with E-state index in [1.165, 1.54) is 38.5 Å². The second-order valence-corrected chi connectivity index (χ2v) is 9.54. The van der Waals surface area contributed by atoms with Gasteiger partial charge in [-0.2, -0.15) is 0 Å². The molecule has 1 amide bonds. The van der Waals surface area contributed by atoms with Crippen LogP contribution in [0.4, 0.5) is 0 Å². The molecule has 24 heavy (non-hydrogen) atoms. The molecular weight excluding hydrogens is 298 g/mol. The summed E-state index contributed by atoms with van der Waals surface area (Å²) >= 11 is 0. The molecule has 4 fully saturated rings. The summed E-state index contributed by atoms with van der Waals surface area (Å²) in [6.07, 6.45) is 8.06. The number of amides is 1. The van der Waals surface area contributed by atoms with Gasteiger partial charge in [0.2, 0.25) is 0 Å². The Kier molecular flexibility index (Phi) is 3.49. The van der Waals surface area contributed by atoms with Crippen molar-refractivity contribution in [3.63, 3.8) is 0 Å². The molecule has 4 saturated carbocycles. The van der Waals surface area contributed by atoms with Crippen LogP contribution in [0, 0.1) is 22.2 Å². The fraction of sp³-hybridized carbons (Fsp3) is 0.667. The number of nitrogens with one attached hydrogen (secondary N) is 1. The Hall–Kier alpha value is -1.51. The van der Waals surface area contributed by atoms with Gasteiger partial charge in [-0.1, -0.05) is 13.8 Å². The van der Waals surface area contributed by atoms with Crippen LogP contribution in [-0.4, -0.2) is 19.6 Å². The summed E-state index contributed by atoms with van der Waals surface area (Å²) in [4.78, 5) is 12.5. The summed E-state index contributed by atoms with van der Waals surface area (Å²) in [6.45, 7) is 5.80. The van der Waals surface area contributed by atoms with Crippen LogP contribution in [0.1, 0.15) is 62.7 Å². The van der Waals surface area contributed by atoms with Crippen molar-refractivity contribution >= 4 is 5.91 Å². The van der Waals surface area contributed by atoms with Crippen LogP contribution in [0.15, 0.2) is 24.3 Å². The van der Waals surface area contributed by atoms with Crippen molar-refractivity contribution in [2.75, 3.05) is 13.7 Å². The molecule has 0 heterocycles. The Labute approximate surface area is 145 Å². The van der Waals surface area contributed by atoms with Gasteiger partial charge in [0.25, 0.3) is 5.91 Å². The minimum absolute atomic E-state index is 0.0451. The predicted molar refractivity (Wildman–Crippen MR) is 95.2 cm³/mol. The second-order valence-electron chi connectivity index (χ2n) is 9.54. The minimum Gasteiger partial charge on any atom is -0.497 e. The topological polar surface area (TPSA) is 38.3 Å². The lowest BCUT2D eigenvalue weighted by Gasteiger charge is -2.65. The number of ether oxygens (including phenoxy) is 1. The van der Waals surface area contributed by atoms with Gasteiger partial charge in [0.05, 0.1) is 7.11 Å². The van der Waals surface area contributed by atoms with Gasteiger partial charge in [-0.25, -0.2) is 0 Å². The van der Waals surface area contributed by atoms with Crippen molar-refractivity contribution in [2.24, 2.45) is 22.2 Å². The van der Waals surface area contributed by atoms with Crippen LogP contribution >= 0.6 is 0 Å². The number of hydrogen-bond acceptors (Lipinski definition) is 2. The average Bonchev–Trinajstić information content (AvgIpc) is 2.49. The summed E-state index contributed by atoms with van der Waals surface area (Å²) in [6, 6.07) is 7.39. The zero-order chi connectivity index (χ0) is 17.0. The molecule has 3 heteroatoms. The molecule has 5 rings (SSSR count). The summed E-state index contributed by atoms with van der Waals surface area (Å²) < 4.78 is 5.16. The second kappa shape index (κ2) is 5.24. The Morgan fingerprint density at radius 1 is 1.08 bits per heavy atom. The first-order valence-corrected chi connectivity index (χ1v) is 9.25. The number of rotatable bonds is 4. The summed E-state index contributed by atoms with van der Waals surface area (Å²) in [5, 5.41) is 3.25.